The Hall–Kier alpha value is -3.73. The predicted molar refractivity (Wildman–Crippen MR) is 110 cm³/mol. The average molecular weight is 386 g/mol. The van der Waals surface area contributed by atoms with Gasteiger partial charge < -0.3 is 4.74 Å². The number of carbonyl (C=O) groups is 1. The summed E-state index contributed by atoms with van der Waals surface area (Å²) in [5, 5.41) is 4.44. The Labute approximate surface area is 168 Å². The smallest absolute Gasteiger partial charge is 0.302 e. The monoisotopic (exact) mass is 386 g/mol. The maximum absolute atomic E-state index is 14.6. The van der Waals surface area contributed by atoms with Crippen LogP contribution >= 0.6 is 0 Å². The summed E-state index contributed by atoms with van der Waals surface area (Å²) in [6, 6.07) is 24.4. The SMILES string of the molecule is CC(=O)OCc1cnn(-c2ccc(-c3ccccc3)cc2)c1-c1ccccc1F. The molecule has 0 fully saturated rings. The fourth-order valence-corrected chi connectivity index (χ4v) is 3.23. The van der Waals surface area contributed by atoms with Gasteiger partial charge in [0.15, 0.2) is 0 Å². The van der Waals surface area contributed by atoms with Crippen LogP contribution in [0.4, 0.5) is 4.39 Å². The van der Waals surface area contributed by atoms with Crippen molar-refractivity contribution >= 4 is 5.97 Å². The Bertz CT molecular complexity index is 1140. The Morgan fingerprint density at radius 2 is 1.59 bits per heavy atom. The summed E-state index contributed by atoms with van der Waals surface area (Å²) in [4.78, 5) is 11.3. The van der Waals surface area contributed by atoms with E-state index < -0.39 is 5.97 Å². The first kappa shape index (κ1) is 18.6. The van der Waals surface area contributed by atoms with Gasteiger partial charge in [0.2, 0.25) is 0 Å². The molecule has 0 unspecified atom stereocenters. The van der Waals surface area contributed by atoms with Crippen LogP contribution < -0.4 is 0 Å². The topological polar surface area (TPSA) is 44.1 Å². The van der Waals surface area contributed by atoms with E-state index in [4.69, 9.17) is 4.74 Å². The normalized spacial score (nSPS) is 10.7. The fraction of sp³-hybridized carbons (Fsp3) is 0.0833. The van der Waals surface area contributed by atoms with Crippen LogP contribution in [0, 0.1) is 5.82 Å². The lowest BCUT2D eigenvalue weighted by atomic mass is 10.0. The Morgan fingerprint density at radius 3 is 2.28 bits per heavy atom. The summed E-state index contributed by atoms with van der Waals surface area (Å²) in [5.41, 5.74) is 4.59. The van der Waals surface area contributed by atoms with E-state index in [0.717, 1.165) is 16.8 Å². The third-order valence-corrected chi connectivity index (χ3v) is 4.62. The van der Waals surface area contributed by atoms with Crippen molar-refractivity contribution in [2.45, 2.75) is 13.5 Å². The molecule has 0 radical (unpaired) electrons. The van der Waals surface area contributed by atoms with Gasteiger partial charge in [0.25, 0.3) is 0 Å². The molecule has 1 aromatic heterocycles. The van der Waals surface area contributed by atoms with Crippen molar-refractivity contribution in [2.75, 3.05) is 0 Å². The van der Waals surface area contributed by atoms with Gasteiger partial charge in [-0.3, -0.25) is 4.79 Å². The van der Waals surface area contributed by atoms with Gasteiger partial charge in [-0.25, -0.2) is 9.07 Å². The molecule has 0 aliphatic heterocycles. The molecule has 0 saturated heterocycles. The van der Waals surface area contributed by atoms with Crippen LogP contribution in [0.25, 0.3) is 28.1 Å². The molecule has 144 valence electrons. The van der Waals surface area contributed by atoms with Crippen molar-refractivity contribution < 1.29 is 13.9 Å². The molecular formula is C24H19FN2O2. The van der Waals surface area contributed by atoms with Gasteiger partial charge >= 0.3 is 5.97 Å². The molecule has 0 spiro atoms. The molecule has 4 rings (SSSR count). The van der Waals surface area contributed by atoms with Gasteiger partial charge in [0.05, 0.1) is 17.6 Å². The largest absolute Gasteiger partial charge is 0.461 e. The molecule has 4 aromatic rings. The lowest BCUT2D eigenvalue weighted by Crippen LogP contribution is -2.03. The standard InChI is InChI=1S/C24H19FN2O2/c1-17(28)29-16-20-15-26-27(24(20)22-9-5-6-10-23(22)25)21-13-11-19(12-14-21)18-7-3-2-4-8-18/h2-15H,16H2,1H3. The predicted octanol–water partition coefficient (Wildman–Crippen LogP) is 5.41. The van der Waals surface area contributed by atoms with Crippen LogP contribution in [0.15, 0.2) is 85.1 Å². The third kappa shape index (κ3) is 3.94. The van der Waals surface area contributed by atoms with E-state index in [0.29, 0.717) is 16.8 Å². The first-order chi connectivity index (χ1) is 14.1. The number of rotatable bonds is 5. The molecule has 0 bridgehead atoms. The second-order valence-electron chi connectivity index (χ2n) is 6.60. The number of carbonyl (C=O) groups excluding carboxylic acids is 1. The number of nitrogens with zero attached hydrogens (tertiary/aromatic N) is 2. The number of hydrogen-bond acceptors (Lipinski definition) is 3. The van der Waals surface area contributed by atoms with Crippen LogP contribution in [-0.2, 0) is 16.1 Å². The minimum atomic E-state index is -0.399. The van der Waals surface area contributed by atoms with E-state index in [1.165, 1.54) is 13.0 Å². The van der Waals surface area contributed by atoms with E-state index in [9.17, 15) is 9.18 Å². The highest BCUT2D eigenvalue weighted by atomic mass is 19.1. The fourth-order valence-electron chi connectivity index (χ4n) is 3.23. The van der Waals surface area contributed by atoms with Crippen LogP contribution in [-0.4, -0.2) is 15.7 Å². The van der Waals surface area contributed by atoms with Crippen molar-refractivity contribution in [1.82, 2.24) is 9.78 Å². The molecule has 4 nitrogen and oxygen atoms in total. The molecule has 0 atom stereocenters. The third-order valence-electron chi connectivity index (χ3n) is 4.62. The zero-order chi connectivity index (χ0) is 20.2. The first-order valence-electron chi connectivity index (χ1n) is 9.24. The summed E-state index contributed by atoms with van der Waals surface area (Å²) in [6.45, 7) is 1.37. The molecular weight excluding hydrogens is 367 g/mol. The van der Waals surface area contributed by atoms with E-state index in [2.05, 4.69) is 5.10 Å². The first-order valence-corrected chi connectivity index (χ1v) is 9.24. The molecule has 0 saturated carbocycles. The van der Waals surface area contributed by atoms with Gasteiger partial charge in [0.1, 0.15) is 12.4 Å². The lowest BCUT2D eigenvalue weighted by molar-refractivity contribution is -0.142. The summed E-state index contributed by atoms with van der Waals surface area (Å²) in [5.74, 6) is -0.760. The van der Waals surface area contributed by atoms with Crippen LogP contribution in [0.3, 0.4) is 0 Å². The highest BCUT2D eigenvalue weighted by Crippen LogP contribution is 2.30. The molecule has 0 aliphatic carbocycles. The number of hydrogen-bond donors (Lipinski definition) is 0. The van der Waals surface area contributed by atoms with E-state index >= 15 is 0 Å². The minimum Gasteiger partial charge on any atom is -0.461 e. The molecule has 0 amide bonds. The Kier molecular flexibility index (Phi) is 5.20. The van der Waals surface area contributed by atoms with Crippen molar-refractivity contribution in [1.29, 1.82) is 0 Å². The Morgan fingerprint density at radius 1 is 0.931 bits per heavy atom. The molecule has 1 heterocycles. The Balaban J connectivity index is 1.77. The highest BCUT2D eigenvalue weighted by molar-refractivity contribution is 5.69. The van der Waals surface area contributed by atoms with E-state index in [1.807, 2.05) is 54.6 Å². The van der Waals surface area contributed by atoms with Crippen molar-refractivity contribution in [2.24, 2.45) is 0 Å². The van der Waals surface area contributed by atoms with Crippen molar-refractivity contribution in [3.8, 4) is 28.1 Å². The van der Waals surface area contributed by atoms with Gasteiger partial charge in [0, 0.05) is 18.1 Å². The summed E-state index contributed by atoms with van der Waals surface area (Å²) in [7, 11) is 0. The van der Waals surface area contributed by atoms with Crippen LogP contribution in [0.1, 0.15) is 12.5 Å². The number of esters is 1. The minimum absolute atomic E-state index is 0.0289. The number of ether oxygens (including phenoxy) is 1. The second kappa shape index (κ2) is 8.10. The number of halogens is 1. The molecule has 3 aromatic carbocycles. The highest BCUT2D eigenvalue weighted by Gasteiger charge is 2.18. The summed E-state index contributed by atoms with van der Waals surface area (Å²) < 4.78 is 21.4. The lowest BCUT2D eigenvalue weighted by Gasteiger charge is -2.12. The molecule has 29 heavy (non-hydrogen) atoms. The van der Waals surface area contributed by atoms with Crippen molar-refractivity contribution in [3.05, 3.63) is 96.4 Å². The maximum Gasteiger partial charge on any atom is 0.302 e. The zero-order valence-corrected chi connectivity index (χ0v) is 15.9. The second-order valence-corrected chi connectivity index (χ2v) is 6.60. The number of benzene rings is 3. The van der Waals surface area contributed by atoms with Gasteiger partial charge in [-0.1, -0.05) is 54.6 Å². The molecule has 5 heteroatoms. The van der Waals surface area contributed by atoms with E-state index in [-0.39, 0.29) is 12.4 Å². The maximum atomic E-state index is 14.6. The van der Waals surface area contributed by atoms with Crippen LogP contribution in [0.5, 0.6) is 0 Å². The van der Waals surface area contributed by atoms with E-state index in [1.54, 1.807) is 29.1 Å². The molecule has 0 aliphatic rings. The quantitative estimate of drug-likeness (QED) is 0.431. The zero-order valence-electron chi connectivity index (χ0n) is 15.9. The summed E-state index contributed by atoms with van der Waals surface area (Å²) >= 11 is 0. The van der Waals surface area contributed by atoms with Gasteiger partial charge in [-0.05, 0) is 35.4 Å². The van der Waals surface area contributed by atoms with Gasteiger partial charge in [-0.2, -0.15) is 5.10 Å². The summed E-state index contributed by atoms with van der Waals surface area (Å²) in [6.07, 6.45) is 1.61. The van der Waals surface area contributed by atoms with Gasteiger partial charge in [-0.15, -0.1) is 0 Å². The van der Waals surface area contributed by atoms with Crippen LogP contribution in [0.2, 0.25) is 0 Å². The average Bonchev–Trinajstić information content (AvgIpc) is 3.17. The molecule has 0 N–H and O–H groups in total. The number of aromatic nitrogens is 2. The van der Waals surface area contributed by atoms with Crippen molar-refractivity contribution in [3.63, 3.8) is 0 Å².